The molecule has 24 heavy (non-hydrogen) atoms. The van der Waals surface area contributed by atoms with E-state index in [1.165, 1.54) is 0 Å². The predicted octanol–water partition coefficient (Wildman–Crippen LogP) is 0.411. The van der Waals surface area contributed by atoms with E-state index in [4.69, 9.17) is 5.11 Å². The minimum absolute atomic E-state index is 0.0599. The Morgan fingerprint density at radius 2 is 1.96 bits per heavy atom. The average molecular weight is 334 g/mol. The maximum absolute atomic E-state index is 12.0. The van der Waals surface area contributed by atoms with E-state index in [0.717, 1.165) is 31.6 Å². The van der Waals surface area contributed by atoms with Crippen molar-refractivity contribution in [1.82, 2.24) is 20.9 Å². The van der Waals surface area contributed by atoms with Gasteiger partial charge in [-0.15, -0.1) is 0 Å². The largest absolute Gasteiger partial charge is 0.465 e. The molecule has 0 atom stereocenters. The van der Waals surface area contributed by atoms with Crippen molar-refractivity contribution in [3.05, 3.63) is 18.3 Å². The number of carboxylic acid groups (broad SMARTS) is 1. The lowest BCUT2D eigenvalue weighted by Gasteiger charge is -2.40. The lowest BCUT2D eigenvalue weighted by molar-refractivity contribution is 0.187. The molecule has 9 heteroatoms. The van der Waals surface area contributed by atoms with Gasteiger partial charge in [-0.05, 0) is 32.0 Å². The fourth-order valence-electron chi connectivity index (χ4n) is 2.94. The third kappa shape index (κ3) is 4.25. The number of nitrogens with zero attached hydrogens (tertiary/aromatic N) is 2. The summed E-state index contributed by atoms with van der Waals surface area (Å²) in [4.78, 5) is 28.8. The molecule has 2 aliphatic rings. The fourth-order valence-corrected chi connectivity index (χ4v) is 2.94. The summed E-state index contributed by atoms with van der Waals surface area (Å²) in [6.07, 6.45) is 2.47. The van der Waals surface area contributed by atoms with Crippen LogP contribution in [0.5, 0.6) is 0 Å². The van der Waals surface area contributed by atoms with E-state index in [-0.39, 0.29) is 18.1 Å². The number of pyridine rings is 1. The first-order valence-electron chi connectivity index (χ1n) is 8.09. The molecule has 5 N–H and O–H groups in total. The van der Waals surface area contributed by atoms with Crippen molar-refractivity contribution < 1.29 is 14.7 Å². The van der Waals surface area contributed by atoms with Gasteiger partial charge in [0.05, 0.1) is 6.04 Å². The number of urea groups is 1. The summed E-state index contributed by atoms with van der Waals surface area (Å²) >= 11 is 0. The third-order valence-electron chi connectivity index (χ3n) is 4.23. The molecular weight excluding hydrogens is 312 g/mol. The second kappa shape index (κ2) is 7.35. The first-order valence-corrected chi connectivity index (χ1v) is 8.09. The molecule has 3 rings (SSSR count). The second-order valence-corrected chi connectivity index (χ2v) is 6.07. The Labute approximate surface area is 139 Å². The van der Waals surface area contributed by atoms with Crippen LogP contribution >= 0.6 is 0 Å². The van der Waals surface area contributed by atoms with Crippen LogP contribution in [0.25, 0.3) is 0 Å². The molecule has 0 bridgehead atoms. The first-order chi connectivity index (χ1) is 11.6. The van der Waals surface area contributed by atoms with Crippen LogP contribution in [-0.4, -0.2) is 60.5 Å². The molecule has 1 aromatic rings. The molecule has 2 fully saturated rings. The molecule has 0 aliphatic carbocycles. The maximum atomic E-state index is 12.0. The van der Waals surface area contributed by atoms with Crippen molar-refractivity contribution in [2.75, 3.05) is 36.4 Å². The van der Waals surface area contributed by atoms with E-state index in [1.54, 1.807) is 12.3 Å². The molecule has 1 aromatic heterocycles. The molecular formula is C15H22N6O3. The number of piperidine rings is 1. The smallest absolute Gasteiger partial charge is 0.405 e. The van der Waals surface area contributed by atoms with E-state index in [0.29, 0.717) is 18.9 Å². The monoisotopic (exact) mass is 334 g/mol. The summed E-state index contributed by atoms with van der Waals surface area (Å²) in [6, 6.07) is 3.51. The second-order valence-electron chi connectivity index (χ2n) is 6.07. The first kappa shape index (κ1) is 16.3. The van der Waals surface area contributed by atoms with Crippen molar-refractivity contribution >= 4 is 23.6 Å². The van der Waals surface area contributed by atoms with Crippen LogP contribution in [0.2, 0.25) is 0 Å². The van der Waals surface area contributed by atoms with Crippen LogP contribution in [0.4, 0.5) is 21.1 Å². The van der Waals surface area contributed by atoms with Crippen LogP contribution in [0.1, 0.15) is 12.8 Å². The SMILES string of the molecule is O=C(O)NC1CN(c2ccnc(NC(=O)NC3CCNCC3)c2)C1. The molecule has 0 unspecified atom stereocenters. The van der Waals surface area contributed by atoms with Gasteiger partial charge in [-0.25, -0.2) is 14.6 Å². The Balaban J connectivity index is 1.50. The Hall–Kier alpha value is -2.55. The highest BCUT2D eigenvalue weighted by atomic mass is 16.4. The molecule has 130 valence electrons. The van der Waals surface area contributed by atoms with Crippen LogP contribution in [0, 0.1) is 0 Å². The summed E-state index contributed by atoms with van der Waals surface area (Å²) in [6.45, 7) is 3.05. The molecule has 3 heterocycles. The van der Waals surface area contributed by atoms with Gasteiger partial charge in [0.25, 0.3) is 0 Å². The van der Waals surface area contributed by atoms with E-state index < -0.39 is 6.09 Å². The van der Waals surface area contributed by atoms with Crippen LogP contribution < -0.4 is 26.2 Å². The van der Waals surface area contributed by atoms with Crippen LogP contribution in [-0.2, 0) is 0 Å². The van der Waals surface area contributed by atoms with E-state index in [2.05, 4.69) is 26.3 Å². The van der Waals surface area contributed by atoms with Crippen molar-refractivity contribution in [3.63, 3.8) is 0 Å². The zero-order valence-electron chi connectivity index (χ0n) is 13.3. The highest BCUT2D eigenvalue weighted by molar-refractivity contribution is 5.89. The third-order valence-corrected chi connectivity index (χ3v) is 4.23. The Morgan fingerprint density at radius 1 is 1.21 bits per heavy atom. The fraction of sp³-hybridized carbons (Fsp3) is 0.533. The Kier molecular flexibility index (Phi) is 4.99. The number of anilines is 2. The molecule has 2 saturated heterocycles. The number of aromatic nitrogens is 1. The lowest BCUT2D eigenvalue weighted by Crippen LogP contribution is -2.59. The van der Waals surface area contributed by atoms with Gasteiger partial charge in [-0.2, -0.15) is 0 Å². The standard InChI is InChI=1S/C15H22N6O3/c22-14(18-10-1-4-16-5-2-10)20-13-7-12(3-6-17-13)21-8-11(9-21)19-15(23)24/h3,6-7,10-11,16,19H,1-2,4-5,8-9H2,(H,23,24)(H2,17,18,20,22). The zero-order chi connectivity index (χ0) is 16.9. The topological polar surface area (TPSA) is 119 Å². The quantitative estimate of drug-likeness (QED) is 0.544. The minimum Gasteiger partial charge on any atom is -0.465 e. The van der Waals surface area contributed by atoms with Gasteiger partial charge in [0.2, 0.25) is 0 Å². The van der Waals surface area contributed by atoms with Crippen molar-refractivity contribution in [3.8, 4) is 0 Å². The number of rotatable bonds is 4. The average Bonchev–Trinajstić information content (AvgIpc) is 2.51. The van der Waals surface area contributed by atoms with Gasteiger partial charge >= 0.3 is 12.1 Å². The van der Waals surface area contributed by atoms with Crippen molar-refractivity contribution in [2.24, 2.45) is 0 Å². The van der Waals surface area contributed by atoms with E-state index in [9.17, 15) is 9.59 Å². The normalized spacial score (nSPS) is 18.6. The number of carbonyl (C=O) groups is 2. The summed E-state index contributed by atoms with van der Waals surface area (Å²) < 4.78 is 0. The lowest BCUT2D eigenvalue weighted by atomic mass is 10.1. The van der Waals surface area contributed by atoms with Gasteiger partial charge in [-0.1, -0.05) is 0 Å². The highest BCUT2D eigenvalue weighted by Gasteiger charge is 2.28. The highest BCUT2D eigenvalue weighted by Crippen LogP contribution is 2.22. The summed E-state index contributed by atoms with van der Waals surface area (Å²) in [7, 11) is 0. The Bertz CT molecular complexity index is 599. The van der Waals surface area contributed by atoms with Gasteiger partial charge in [0.15, 0.2) is 0 Å². The van der Waals surface area contributed by atoms with Gasteiger partial charge in [0, 0.05) is 37.1 Å². The van der Waals surface area contributed by atoms with Gasteiger partial charge in [-0.3, -0.25) is 5.32 Å². The van der Waals surface area contributed by atoms with Gasteiger partial charge < -0.3 is 26.0 Å². The predicted molar refractivity (Wildman–Crippen MR) is 89.4 cm³/mol. The molecule has 0 saturated carbocycles. The van der Waals surface area contributed by atoms with Crippen LogP contribution in [0.3, 0.4) is 0 Å². The molecule has 9 nitrogen and oxygen atoms in total. The molecule has 2 aliphatic heterocycles. The number of nitrogens with one attached hydrogen (secondary N) is 4. The Morgan fingerprint density at radius 3 is 2.67 bits per heavy atom. The number of hydrogen-bond donors (Lipinski definition) is 5. The van der Waals surface area contributed by atoms with E-state index >= 15 is 0 Å². The minimum atomic E-state index is -1.01. The number of amides is 3. The molecule has 0 spiro atoms. The molecule has 0 aromatic carbocycles. The summed E-state index contributed by atoms with van der Waals surface area (Å²) in [5.41, 5.74) is 0.908. The maximum Gasteiger partial charge on any atom is 0.405 e. The van der Waals surface area contributed by atoms with Gasteiger partial charge in [0.1, 0.15) is 5.82 Å². The summed E-state index contributed by atoms with van der Waals surface area (Å²) in [5, 5.41) is 20.1. The summed E-state index contributed by atoms with van der Waals surface area (Å²) in [5.74, 6) is 0.480. The van der Waals surface area contributed by atoms with E-state index in [1.807, 2.05) is 11.0 Å². The van der Waals surface area contributed by atoms with Crippen LogP contribution in [0.15, 0.2) is 18.3 Å². The van der Waals surface area contributed by atoms with Crippen molar-refractivity contribution in [1.29, 1.82) is 0 Å². The van der Waals surface area contributed by atoms with Crippen molar-refractivity contribution in [2.45, 2.75) is 24.9 Å². The molecule has 3 amide bonds. The zero-order valence-corrected chi connectivity index (χ0v) is 13.3. The number of carbonyl (C=O) groups excluding carboxylic acids is 1. The number of hydrogen-bond acceptors (Lipinski definition) is 5. The molecule has 0 radical (unpaired) electrons.